The average molecular weight is 379 g/mol. The van der Waals surface area contributed by atoms with Crippen LogP contribution in [-0.2, 0) is 10.3 Å². The van der Waals surface area contributed by atoms with Gasteiger partial charge in [-0.15, -0.1) is 10.2 Å². The normalized spacial score (nSPS) is 18.0. The van der Waals surface area contributed by atoms with Crippen molar-refractivity contribution in [1.82, 2.24) is 14.9 Å². The second-order valence-corrected chi connectivity index (χ2v) is 7.41. The lowest BCUT2D eigenvalue weighted by Gasteiger charge is -2.25. The first-order valence-corrected chi connectivity index (χ1v) is 9.64. The molecule has 0 radical (unpaired) electrons. The third-order valence-corrected chi connectivity index (χ3v) is 5.31. The van der Waals surface area contributed by atoms with Gasteiger partial charge in [-0.2, -0.15) is 13.1 Å². The predicted molar refractivity (Wildman–Crippen MR) is 98.2 cm³/mol. The Hall–Kier alpha value is -3.23. The molecule has 1 aliphatic rings. The lowest BCUT2D eigenvalue weighted by molar-refractivity contribution is 0.409. The molecular formula is C19H13N3O4S. The van der Waals surface area contributed by atoms with Gasteiger partial charge in [-0.3, -0.25) is 0 Å². The van der Waals surface area contributed by atoms with Crippen molar-refractivity contribution in [2.24, 2.45) is 0 Å². The largest absolute Gasteiger partial charge is 0.419 e. The van der Waals surface area contributed by atoms with Gasteiger partial charge in [0, 0.05) is 11.1 Å². The number of rotatable bonds is 2. The van der Waals surface area contributed by atoms with Crippen molar-refractivity contribution in [1.29, 1.82) is 0 Å². The van der Waals surface area contributed by atoms with Crippen molar-refractivity contribution < 1.29 is 17.0 Å². The molecule has 0 saturated heterocycles. The molecule has 8 heteroatoms. The van der Waals surface area contributed by atoms with Gasteiger partial charge in [0.25, 0.3) is 0 Å². The number of fused-ring (bicyclic) bond motifs is 3. The summed E-state index contributed by atoms with van der Waals surface area (Å²) in [4.78, 5) is 0. The Balaban J connectivity index is 1.69. The molecule has 1 aromatic heterocycles. The third kappa shape index (κ3) is 2.75. The molecule has 1 unspecified atom stereocenters. The highest BCUT2D eigenvalue weighted by Crippen LogP contribution is 2.40. The Morgan fingerprint density at radius 1 is 0.889 bits per heavy atom. The van der Waals surface area contributed by atoms with Crippen LogP contribution in [0.5, 0.6) is 5.75 Å². The maximum absolute atomic E-state index is 12.2. The first-order valence-electron chi connectivity index (χ1n) is 8.23. The summed E-state index contributed by atoms with van der Waals surface area (Å²) in [6.45, 7) is 0. The summed E-state index contributed by atoms with van der Waals surface area (Å²) in [6.07, 6.45) is 0. The molecule has 0 bridgehead atoms. The van der Waals surface area contributed by atoms with Crippen LogP contribution in [0.25, 0.3) is 22.2 Å². The Kier molecular flexibility index (Phi) is 3.49. The molecule has 0 spiro atoms. The molecule has 4 aromatic rings. The van der Waals surface area contributed by atoms with Gasteiger partial charge < -0.3 is 8.60 Å². The van der Waals surface area contributed by atoms with Gasteiger partial charge in [-0.05, 0) is 29.0 Å². The Morgan fingerprint density at radius 3 is 2.52 bits per heavy atom. The molecule has 0 amide bonds. The van der Waals surface area contributed by atoms with E-state index in [0.29, 0.717) is 11.5 Å². The number of nitrogens with zero attached hydrogens (tertiary/aromatic N) is 2. The van der Waals surface area contributed by atoms with Gasteiger partial charge in [-0.1, -0.05) is 48.5 Å². The lowest BCUT2D eigenvalue weighted by atomic mass is 9.98. The van der Waals surface area contributed by atoms with Crippen LogP contribution in [0, 0.1) is 0 Å². The molecule has 0 fully saturated rings. The number of benzene rings is 3. The van der Waals surface area contributed by atoms with Crippen LogP contribution in [-0.4, -0.2) is 18.6 Å². The molecule has 3 aromatic carbocycles. The quantitative estimate of drug-likeness (QED) is 0.575. The average Bonchev–Trinajstić information content (AvgIpc) is 3.17. The van der Waals surface area contributed by atoms with E-state index in [-0.39, 0.29) is 11.6 Å². The minimum atomic E-state index is -4.00. The van der Waals surface area contributed by atoms with Crippen molar-refractivity contribution in [3.05, 3.63) is 78.2 Å². The third-order valence-electron chi connectivity index (χ3n) is 4.39. The lowest BCUT2D eigenvalue weighted by Crippen LogP contribution is -2.37. The molecule has 134 valence electrons. The predicted octanol–water partition coefficient (Wildman–Crippen LogP) is 3.21. The summed E-state index contributed by atoms with van der Waals surface area (Å²) in [5, 5.41) is 9.96. The molecule has 1 N–H and O–H groups in total. The maximum Gasteiger partial charge on any atom is 0.383 e. The second kappa shape index (κ2) is 5.90. The summed E-state index contributed by atoms with van der Waals surface area (Å²) in [6, 6.07) is 19.5. The van der Waals surface area contributed by atoms with Crippen LogP contribution in [0.2, 0.25) is 0 Å². The van der Waals surface area contributed by atoms with E-state index in [2.05, 4.69) is 14.9 Å². The number of aromatic nitrogens is 2. The van der Waals surface area contributed by atoms with E-state index in [9.17, 15) is 8.42 Å². The molecule has 1 aliphatic heterocycles. The SMILES string of the molecule is O=S1(=O)NC(c2nnc(-c3ccccc3)o2)c2c(ccc3ccccc23)O1. The van der Waals surface area contributed by atoms with Crippen LogP contribution >= 0.6 is 0 Å². The maximum atomic E-state index is 12.2. The van der Waals surface area contributed by atoms with Crippen molar-refractivity contribution in [2.45, 2.75) is 6.04 Å². The molecule has 1 atom stereocenters. The zero-order chi connectivity index (χ0) is 18.4. The summed E-state index contributed by atoms with van der Waals surface area (Å²) in [5.41, 5.74) is 1.40. The van der Waals surface area contributed by atoms with E-state index in [4.69, 9.17) is 8.60 Å². The summed E-state index contributed by atoms with van der Waals surface area (Å²) < 4.78 is 37.8. The molecule has 2 heterocycles. The standard InChI is InChI=1S/C19H13N3O4S/c23-27(24)22-17(19-21-20-18(25-19)13-7-2-1-3-8-13)16-14-9-5-4-6-12(14)10-11-15(16)26-27/h1-11,17,22H. The van der Waals surface area contributed by atoms with Crippen LogP contribution in [0.1, 0.15) is 17.5 Å². The van der Waals surface area contributed by atoms with Crippen LogP contribution in [0.15, 0.2) is 71.1 Å². The number of nitrogens with one attached hydrogen (secondary N) is 1. The minimum absolute atomic E-state index is 0.151. The monoisotopic (exact) mass is 379 g/mol. The van der Waals surface area contributed by atoms with Gasteiger partial charge in [0.1, 0.15) is 11.8 Å². The fourth-order valence-electron chi connectivity index (χ4n) is 3.21. The zero-order valence-corrected chi connectivity index (χ0v) is 14.7. The fourth-order valence-corrected chi connectivity index (χ4v) is 4.15. The van der Waals surface area contributed by atoms with Gasteiger partial charge >= 0.3 is 10.3 Å². The first kappa shape index (κ1) is 16.0. The van der Waals surface area contributed by atoms with Gasteiger partial charge in [0.05, 0.1) is 0 Å². The highest BCUT2D eigenvalue weighted by Gasteiger charge is 2.36. The fraction of sp³-hybridized carbons (Fsp3) is 0.0526. The molecule has 0 aliphatic carbocycles. The molecule has 27 heavy (non-hydrogen) atoms. The van der Waals surface area contributed by atoms with E-state index < -0.39 is 16.3 Å². The van der Waals surface area contributed by atoms with E-state index in [1.807, 2.05) is 60.7 Å². The first-order chi connectivity index (χ1) is 13.1. The second-order valence-electron chi connectivity index (χ2n) is 6.10. The Bertz CT molecular complexity index is 1250. The van der Waals surface area contributed by atoms with E-state index in [1.54, 1.807) is 6.07 Å². The number of hydrogen-bond donors (Lipinski definition) is 1. The van der Waals surface area contributed by atoms with Gasteiger partial charge in [-0.25, -0.2) is 0 Å². The molecular weight excluding hydrogens is 366 g/mol. The number of hydrogen-bond acceptors (Lipinski definition) is 6. The molecule has 5 rings (SSSR count). The highest BCUT2D eigenvalue weighted by atomic mass is 32.2. The van der Waals surface area contributed by atoms with Gasteiger partial charge in [0.2, 0.25) is 11.8 Å². The van der Waals surface area contributed by atoms with E-state index in [0.717, 1.165) is 16.3 Å². The van der Waals surface area contributed by atoms with Crippen molar-refractivity contribution in [2.75, 3.05) is 0 Å². The topological polar surface area (TPSA) is 94.3 Å². The Labute approximate surface area is 154 Å². The van der Waals surface area contributed by atoms with Crippen LogP contribution < -0.4 is 8.91 Å². The Morgan fingerprint density at radius 2 is 1.67 bits per heavy atom. The molecule has 0 saturated carbocycles. The minimum Gasteiger partial charge on any atom is -0.419 e. The summed E-state index contributed by atoms with van der Waals surface area (Å²) in [5.74, 6) is 0.716. The summed E-state index contributed by atoms with van der Waals surface area (Å²) in [7, 11) is -4.00. The summed E-state index contributed by atoms with van der Waals surface area (Å²) >= 11 is 0. The highest BCUT2D eigenvalue weighted by molar-refractivity contribution is 7.85. The van der Waals surface area contributed by atoms with Crippen molar-refractivity contribution in [3.63, 3.8) is 0 Å². The molecule has 7 nitrogen and oxygen atoms in total. The van der Waals surface area contributed by atoms with Crippen LogP contribution in [0.4, 0.5) is 0 Å². The zero-order valence-electron chi connectivity index (χ0n) is 13.9. The van der Waals surface area contributed by atoms with Crippen LogP contribution in [0.3, 0.4) is 0 Å². The van der Waals surface area contributed by atoms with Crippen molar-refractivity contribution >= 4 is 21.1 Å². The van der Waals surface area contributed by atoms with Gasteiger partial charge in [0.15, 0.2) is 0 Å². The van der Waals surface area contributed by atoms with E-state index in [1.165, 1.54) is 0 Å². The smallest absolute Gasteiger partial charge is 0.383 e. The van der Waals surface area contributed by atoms with Crippen molar-refractivity contribution in [3.8, 4) is 17.2 Å². The van der Waals surface area contributed by atoms with E-state index >= 15 is 0 Å².